The molecule has 0 aliphatic carbocycles. The lowest BCUT2D eigenvalue weighted by atomic mass is 10.1. The van der Waals surface area contributed by atoms with Gasteiger partial charge in [-0.3, -0.25) is 4.79 Å². The predicted octanol–water partition coefficient (Wildman–Crippen LogP) is 1.95. The number of nitrogens with one attached hydrogen (secondary N) is 2. The molecule has 1 saturated heterocycles. The summed E-state index contributed by atoms with van der Waals surface area (Å²) in [6.07, 6.45) is 1.96. The van der Waals surface area contributed by atoms with Crippen molar-refractivity contribution < 1.29 is 9.21 Å². The lowest BCUT2D eigenvalue weighted by Gasteiger charge is -2.23. The summed E-state index contributed by atoms with van der Waals surface area (Å²) in [6.45, 7) is 1.93. The normalized spacial score (nSPS) is 16.6. The Morgan fingerprint density at radius 3 is 2.69 bits per heavy atom. The first-order valence-corrected chi connectivity index (χ1v) is 5.82. The van der Waals surface area contributed by atoms with Crippen LogP contribution in [0, 0.1) is 0 Å². The van der Waals surface area contributed by atoms with Crippen molar-refractivity contribution in [1.82, 2.24) is 10.6 Å². The van der Waals surface area contributed by atoms with E-state index in [0.717, 1.165) is 25.9 Å². The van der Waals surface area contributed by atoms with Gasteiger partial charge in [-0.15, -0.1) is 12.4 Å². The number of amides is 1. The van der Waals surface area contributed by atoms with Crippen LogP contribution < -0.4 is 10.6 Å². The number of carbonyl (C=O) groups is 1. The van der Waals surface area contributed by atoms with Crippen molar-refractivity contribution in [3.63, 3.8) is 0 Å². The van der Waals surface area contributed by atoms with Crippen LogP contribution in [0.1, 0.15) is 23.4 Å². The molecule has 1 amide bonds. The maximum absolute atomic E-state index is 11.7. The van der Waals surface area contributed by atoms with E-state index in [0.29, 0.717) is 10.4 Å². The van der Waals surface area contributed by atoms with Crippen LogP contribution in [0.25, 0.3) is 0 Å². The van der Waals surface area contributed by atoms with Gasteiger partial charge in [-0.25, -0.2) is 0 Å². The van der Waals surface area contributed by atoms with Gasteiger partial charge in [0.1, 0.15) is 0 Å². The van der Waals surface area contributed by atoms with E-state index < -0.39 is 0 Å². The van der Waals surface area contributed by atoms with Crippen LogP contribution in [0.15, 0.2) is 21.2 Å². The van der Waals surface area contributed by atoms with E-state index in [2.05, 4.69) is 26.6 Å². The van der Waals surface area contributed by atoms with Crippen molar-refractivity contribution in [3.05, 3.63) is 22.6 Å². The molecule has 1 aliphatic heterocycles. The molecule has 6 heteroatoms. The van der Waals surface area contributed by atoms with Crippen LogP contribution >= 0.6 is 28.3 Å². The van der Waals surface area contributed by atoms with Gasteiger partial charge in [-0.1, -0.05) is 0 Å². The number of carbonyl (C=O) groups excluding carboxylic acids is 1. The van der Waals surface area contributed by atoms with Gasteiger partial charge in [0.05, 0.1) is 0 Å². The van der Waals surface area contributed by atoms with E-state index in [4.69, 9.17) is 4.42 Å². The zero-order valence-electron chi connectivity index (χ0n) is 8.66. The molecule has 0 atom stereocenters. The first-order chi connectivity index (χ1) is 7.25. The van der Waals surface area contributed by atoms with Crippen LogP contribution in [0.5, 0.6) is 0 Å². The average Bonchev–Trinajstić information content (AvgIpc) is 2.66. The van der Waals surface area contributed by atoms with E-state index in [1.807, 2.05) is 0 Å². The minimum Gasteiger partial charge on any atom is -0.444 e. The van der Waals surface area contributed by atoms with E-state index in [-0.39, 0.29) is 24.4 Å². The van der Waals surface area contributed by atoms with E-state index in [1.54, 1.807) is 12.1 Å². The fraction of sp³-hybridized carbons (Fsp3) is 0.500. The van der Waals surface area contributed by atoms with E-state index >= 15 is 0 Å². The number of hydrogen-bond donors (Lipinski definition) is 2. The van der Waals surface area contributed by atoms with E-state index in [9.17, 15) is 4.79 Å². The molecule has 1 fully saturated rings. The van der Waals surface area contributed by atoms with Gasteiger partial charge in [-0.2, -0.15) is 0 Å². The van der Waals surface area contributed by atoms with E-state index in [1.165, 1.54) is 0 Å². The molecule has 1 aromatic heterocycles. The second-order valence-electron chi connectivity index (χ2n) is 3.60. The lowest BCUT2D eigenvalue weighted by molar-refractivity contribution is 0.0900. The largest absolute Gasteiger partial charge is 0.444 e. The summed E-state index contributed by atoms with van der Waals surface area (Å²) in [7, 11) is 0. The summed E-state index contributed by atoms with van der Waals surface area (Å²) < 4.78 is 5.76. The van der Waals surface area contributed by atoms with Crippen molar-refractivity contribution in [2.75, 3.05) is 13.1 Å². The molecule has 4 nitrogen and oxygen atoms in total. The summed E-state index contributed by atoms with van der Waals surface area (Å²) in [5, 5.41) is 6.20. The average molecular weight is 310 g/mol. The third kappa shape index (κ3) is 3.50. The molecule has 0 unspecified atom stereocenters. The summed E-state index contributed by atoms with van der Waals surface area (Å²) in [4.78, 5) is 11.7. The second kappa shape index (κ2) is 6.27. The maximum atomic E-state index is 11.7. The highest BCUT2D eigenvalue weighted by Gasteiger charge is 2.18. The summed E-state index contributed by atoms with van der Waals surface area (Å²) in [5.41, 5.74) is 0. The van der Waals surface area contributed by atoms with Gasteiger partial charge < -0.3 is 15.1 Å². The van der Waals surface area contributed by atoms with Crippen LogP contribution in [0.4, 0.5) is 0 Å². The highest BCUT2D eigenvalue weighted by Crippen LogP contribution is 2.14. The first kappa shape index (κ1) is 13.5. The molecule has 0 radical (unpaired) electrons. The quantitative estimate of drug-likeness (QED) is 0.878. The zero-order chi connectivity index (χ0) is 10.7. The van der Waals surface area contributed by atoms with Crippen molar-refractivity contribution >= 4 is 34.2 Å². The molecule has 0 spiro atoms. The smallest absolute Gasteiger partial charge is 0.287 e. The molecular formula is C10H14BrClN2O2. The van der Waals surface area contributed by atoms with Gasteiger partial charge in [0.25, 0.3) is 5.91 Å². The monoisotopic (exact) mass is 308 g/mol. The molecule has 2 rings (SSSR count). The Kier molecular flexibility index (Phi) is 5.31. The Morgan fingerprint density at radius 2 is 2.12 bits per heavy atom. The Balaban J connectivity index is 0.00000128. The highest BCUT2D eigenvalue weighted by molar-refractivity contribution is 9.10. The van der Waals surface area contributed by atoms with Crippen molar-refractivity contribution in [1.29, 1.82) is 0 Å². The molecule has 1 aromatic rings. The SMILES string of the molecule is Cl.O=C(NC1CCNCC1)c1ccc(Br)o1. The molecule has 2 heterocycles. The summed E-state index contributed by atoms with van der Waals surface area (Å²) in [5.74, 6) is 0.230. The minimum atomic E-state index is -0.132. The first-order valence-electron chi connectivity index (χ1n) is 5.02. The Morgan fingerprint density at radius 1 is 1.44 bits per heavy atom. The fourth-order valence-electron chi connectivity index (χ4n) is 1.66. The second-order valence-corrected chi connectivity index (χ2v) is 4.38. The van der Waals surface area contributed by atoms with Gasteiger partial charge in [0, 0.05) is 6.04 Å². The molecule has 1 aliphatic rings. The number of piperidine rings is 1. The standard InChI is InChI=1S/C10H13BrN2O2.ClH/c11-9-2-1-8(15-9)10(14)13-7-3-5-12-6-4-7;/h1-2,7,12H,3-6H2,(H,13,14);1H. The van der Waals surface area contributed by atoms with Gasteiger partial charge in [-0.05, 0) is 54.0 Å². The molecule has 2 N–H and O–H groups in total. The molecule has 90 valence electrons. The maximum Gasteiger partial charge on any atom is 0.287 e. The molecule has 16 heavy (non-hydrogen) atoms. The lowest BCUT2D eigenvalue weighted by Crippen LogP contribution is -2.42. The highest BCUT2D eigenvalue weighted by atomic mass is 79.9. The topological polar surface area (TPSA) is 54.3 Å². The molecule has 0 bridgehead atoms. The molecule has 0 aromatic carbocycles. The Labute approximate surface area is 109 Å². The molecule has 0 saturated carbocycles. The predicted molar refractivity (Wildman–Crippen MR) is 67.0 cm³/mol. The Hall–Kier alpha value is -0.520. The summed E-state index contributed by atoms with van der Waals surface area (Å²) in [6, 6.07) is 3.65. The number of hydrogen-bond acceptors (Lipinski definition) is 3. The van der Waals surface area contributed by atoms with Crippen LogP contribution in [0.3, 0.4) is 0 Å². The van der Waals surface area contributed by atoms with Crippen LogP contribution in [0.2, 0.25) is 0 Å². The Bertz CT molecular complexity index is 350. The summed E-state index contributed by atoms with van der Waals surface area (Å²) >= 11 is 3.17. The van der Waals surface area contributed by atoms with Crippen molar-refractivity contribution in [3.8, 4) is 0 Å². The zero-order valence-corrected chi connectivity index (χ0v) is 11.1. The van der Waals surface area contributed by atoms with Gasteiger partial charge in [0.2, 0.25) is 0 Å². The van der Waals surface area contributed by atoms with Crippen LogP contribution in [-0.4, -0.2) is 25.0 Å². The number of furan rings is 1. The minimum absolute atomic E-state index is 0. The third-order valence-electron chi connectivity index (χ3n) is 2.47. The fourth-order valence-corrected chi connectivity index (χ4v) is 1.97. The molecular weight excluding hydrogens is 295 g/mol. The van der Waals surface area contributed by atoms with Gasteiger partial charge in [0.15, 0.2) is 10.4 Å². The number of halogens is 2. The third-order valence-corrected chi connectivity index (χ3v) is 2.90. The van der Waals surface area contributed by atoms with Crippen LogP contribution in [-0.2, 0) is 0 Å². The van der Waals surface area contributed by atoms with Crippen molar-refractivity contribution in [2.24, 2.45) is 0 Å². The van der Waals surface area contributed by atoms with Gasteiger partial charge >= 0.3 is 0 Å². The number of rotatable bonds is 2. The van der Waals surface area contributed by atoms with Crippen molar-refractivity contribution in [2.45, 2.75) is 18.9 Å².